The number of ether oxygens (including phenoxy) is 1. The van der Waals surface area contributed by atoms with E-state index in [2.05, 4.69) is 4.98 Å². The van der Waals surface area contributed by atoms with Crippen LogP contribution in [0.2, 0.25) is 0 Å². The van der Waals surface area contributed by atoms with Crippen LogP contribution >= 0.6 is 0 Å². The van der Waals surface area contributed by atoms with Crippen LogP contribution < -0.4 is 4.74 Å². The van der Waals surface area contributed by atoms with Gasteiger partial charge in [0.25, 0.3) is 0 Å². The van der Waals surface area contributed by atoms with Crippen molar-refractivity contribution in [2.24, 2.45) is 0 Å². The molecule has 0 atom stereocenters. The van der Waals surface area contributed by atoms with Crippen molar-refractivity contribution in [2.75, 3.05) is 7.11 Å². The first kappa shape index (κ1) is 9.46. The van der Waals surface area contributed by atoms with Crippen LogP contribution in [0.1, 0.15) is 24.0 Å². The van der Waals surface area contributed by atoms with Gasteiger partial charge in [0, 0.05) is 18.2 Å². The Hall–Kier alpha value is -1.09. The molecule has 3 nitrogen and oxygen atoms in total. The van der Waals surface area contributed by atoms with Crippen LogP contribution in [0.4, 0.5) is 0 Å². The summed E-state index contributed by atoms with van der Waals surface area (Å²) in [5, 5.41) is 9.74. The van der Waals surface area contributed by atoms with Crippen molar-refractivity contribution in [1.29, 1.82) is 0 Å². The van der Waals surface area contributed by atoms with Crippen molar-refractivity contribution in [3.63, 3.8) is 0 Å². The second-order valence-electron chi connectivity index (χ2n) is 4.07. The summed E-state index contributed by atoms with van der Waals surface area (Å²) in [6.45, 7) is 1.96. The Labute approximate surface area is 83.7 Å². The number of aryl methyl sites for hydroxylation is 1. The summed E-state index contributed by atoms with van der Waals surface area (Å²) in [4.78, 5) is 4.18. The molecule has 1 fully saturated rings. The van der Waals surface area contributed by atoms with Crippen molar-refractivity contribution in [3.8, 4) is 5.88 Å². The molecule has 0 saturated heterocycles. The second-order valence-corrected chi connectivity index (χ2v) is 4.07. The lowest BCUT2D eigenvalue weighted by atomic mass is 10.1. The Kier molecular flexibility index (Phi) is 2.19. The van der Waals surface area contributed by atoms with Crippen LogP contribution in [0.3, 0.4) is 0 Å². The van der Waals surface area contributed by atoms with E-state index in [0.717, 1.165) is 24.0 Å². The van der Waals surface area contributed by atoms with Gasteiger partial charge >= 0.3 is 0 Å². The van der Waals surface area contributed by atoms with E-state index in [9.17, 15) is 5.11 Å². The van der Waals surface area contributed by atoms with E-state index in [4.69, 9.17) is 4.74 Å². The molecule has 0 aromatic carbocycles. The zero-order chi connectivity index (χ0) is 10.2. The Bertz CT molecular complexity index is 345. The normalized spacial score (nSPS) is 17.9. The highest BCUT2D eigenvalue weighted by Gasteiger charge is 2.40. The van der Waals surface area contributed by atoms with Gasteiger partial charge in [0.1, 0.15) is 0 Å². The van der Waals surface area contributed by atoms with Crippen LogP contribution in [0.5, 0.6) is 5.88 Å². The summed E-state index contributed by atoms with van der Waals surface area (Å²) < 4.78 is 5.07. The van der Waals surface area contributed by atoms with Gasteiger partial charge in [0.05, 0.1) is 12.7 Å². The topological polar surface area (TPSA) is 42.4 Å². The molecule has 1 aromatic heterocycles. The highest BCUT2D eigenvalue weighted by atomic mass is 16.5. The fourth-order valence-corrected chi connectivity index (χ4v) is 1.63. The van der Waals surface area contributed by atoms with Crippen molar-refractivity contribution in [3.05, 3.63) is 23.4 Å². The summed E-state index contributed by atoms with van der Waals surface area (Å²) in [7, 11) is 1.61. The average molecular weight is 193 g/mol. The van der Waals surface area contributed by atoms with E-state index in [1.54, 1.807) is 13.3 Å². The number of hydrogen-bond donors (Lipinski definition) is 1. The van der Waals surface area contributed by atoms with Crippen LogP contribution in [-0.2, 0) is 6.42 Å². The van der Waals surface area contributed by atoms with Gasteiger partial charge in [-0.2, -0.15) is 0 Å². The molecule has 0 bridgehead atoms. The first-order valence-corrected chi connectivity index (χ1v) is 4.85. The molecule has 0 radical (unpaired) electrons. The van der Waals surface area contributed by atoms with Gasteiger partial charge in [-0.1, -0.05) is 0 Å². The zero-order valence-electron chi connectivity index (χ0n) is 8.58. The van der Waals surface area contributed by atoms with Gasteiger partial charge < -0.3 is 9.84 Å². The molecule has 1 aromatic rings. The van der Waals surface area contributed by atoms with E-state index in [1.165, 1.54) is 0 Å². The predicted molar refractivity (Wildman–Crippen MR) is 53.4 cm³/mol. The molecule has 0 aliphatic heterocycles. The second kappa shape index (κ2) is 3.24. The molecule has 0 unspecified atom stereocenters. The van der Waals surface area contributed by atoms with Gasteiger partial charge in [-0.05, 0) is 31.4 Å². The molecule has 3 heteroatoms. The summed E-state index contributed by atoms with van der Waals surface area (Å²) >= 11 is 0. The first-order chi connectivity index (χ1) is 6.63. The molecule has 1 aliphatic rings. The number of methoxy groups -OCH3 is 1. The van der Waals surface area contributed by atoms with E-state index < -0.39 is 5.60 Å². The third kappa shape index (κ3) is 1.87. The highest BCUT2D eigenvalue weighted by molar-refractivity contribution is 5.29. The molecule has 2 rings (SSSR count). The van der Waals surface area contributed by atoms with Crippen LogP contribution in [0, 0.1) is 6.92 Å². The molecule has 0 spiro atoms. The number of aromatic nitrogens is 1. The Morgan fingerprint density at radius 1 is 1.57 bits per heavy atom. The monoisotopic (exact) mass is 193 g/mol. The first-order valence-electron chi connectivity index (χ1n) is 4.85. The summed E-state index contributed by atoms with van der Waals surface area (Å²) in [6, 6.07) is 2.03. The van der Waals surface area contributed by atoms with Crippen LogP contribution in [-0.4, -0.2) is 22.8 Å². The third-order valence-corrected chi connectivity index (χ3v) is 2.64. The average Bonchev–Trinajstić information content (AvgIpc) is 2.84. The lowest BCUT2D eigenvalue weighted by Crippen LogP contribution is -2.11. The molecule has 76 valence electrons. The van der Waals surface area contributed by atoms with Gasteiger partial charge in [-0.15, -0.1) is 0 Å². The molecular formula is C11H15NO2. The smallest absolute Gasteiger partial charge is 0.215 e. The lowest BCUT2D eigenvalue weighted by molar-refractivity contribution is 0.151. The minimum absolute atomic E-state index is 0.442. The molecule has 1 aliphatic carbocycles. The summed E-state index contributed by atoms with van der Waals surface area (Å²) in [5.74, 6) is 0.663. The number of aliphatic hydroxyl groups is 1. The number of pyridine rings is 1. The largest absolute Gasteiger partial charge is 0.481 e. The Morgan fingerprint density at radius 3 is 2.79 bits per heavy atom. The summed E-state index contributed by atoms with van der Waals surface area (Å²) in [5.41, 5.74) is 1.67. The molecule has 1 N–H and O–H groups in total. The van der Waals surface area contributed by atoms with Crippen LogP contribution in [0.25, 0.3) is 0 Å². The minimum Gasteiger partial charge on any atom is -0.481 e. The SMILES string of the molecule is COc1ncc(CC2(O)CC2)cc1C. The lowest BCUT2D eigenvalue weighted by Gasteiger charge is -2.09. The molecule has 1 saturated carbocycles. The van der Waals surface area contributed by atoms with E-state index in [0.29, 0.717) is 12.3 Å². The number of hydrogen-bond acceptors (Lipinski definition) is 3. The van der Waals surface area contributed by atoms with Gasteiger partial charge in [-0.25, -0.2) is 4.98 Å². The maximum absolute atomic E-state index is 9.74. The maximum Gasteiger partial charge on any atom is 0.215 e. The van der Waals surface area contributed by atoms with E-state index >= 15 is 0 Å². The number of nitrogens with zero attached hydrogens (tertiary/aromatic N) is 1. The molecular weight excluding hydrogens is 178 g/mol. The Morgan fingerprint density at radius 2 is 2.29 bits per heavy atom. The summed E-state index contributed by atoms with van der Waals surface area (Å²) in [6.07, 6.45) is 4.32. The van der Waals surface area contributed by atoms with Crippen molar-refractivity contribution >= 4 is 0 Å². The highest BCUT2D eigenvalue weighted by Crippen LogP contribution is 2.38. The zero-order valence-corrected chi connectivity index (χ0v) is 8.58. The quantitative estimate of drug-likeness (QED) is 0.790. The maximum atomic E-state index is 9.74. The van der Waals surface area contributed by atoms with Gasteiger partial charge in [0.2, 0.25) is 5.88 Å². The fraction of sp³-hybridized carbons (Fsp3) is 0.545. The van der Waals surface area contributed by atoms with Gasteiger partial charge in [0.15, 0.2) is 0 Å². The van der Waals surface area contributed by atoms with Crippen molar-refractivity contribution in [1.82, 2.24) is 4.98 Å². The van der Waals surface area contributed by atoms with Crippen molar-refractivity contribution in [2.45, 2.75) is 31.8 Å². The molecule has 0 amide bonds. The van der Waals surface area contributed by atoms with Gasteiger partial charge in [-0.3, -0.25) is 0 Å². The molecule has 14 heavy (non-hydrogen) atoms. The van der Waals surface area contributed by atoms with Crippen LogP contribution in [0.15, 0.2) is 12.3 Å². The third-order valence-electron chi connectivity index (χ3n) is 2.64. The minimum atomic E-state index is -0.442. The molecule has 1 heterocycles. The number of rotatable bonds is 3. The predicted octanol–water partition coefficient (Wildman–Crippen LogP) is 1.47. The van der Waals surface area contributed by atoms with Crippen molar-refractivity contribution < 1.29 is 9.84 Å². The fourth-order valence-electron chi connectivity index (χ4n) is 1.63. The van der Waals surface area contributed by atoms with E-state index in [-0.39, 0.29) is 0 Å². The standard InChI is InChI=1S/C11H15NO2/c1-8-5-9(6-11(13)3-4-11)7-12-10(8)14-2/h5,7,13H,3-4,6H2,1-2H3. The van der Waals surface area contributed by atoms with E-state index in [1.807, 2.05) is 13.0 Å². The Balaban J connectivity index is 2.15.